The van der Waals surface area contributed by atoms with Gasteiger partial charge < -0.3 is 29.7 Å². The molecule has 0 aromatic heterocycles. The fourth-order valence-electron chi connectivity index (χ4n) is 6.68. The molecule has 3 aliphatic heterocycles. The lowest BCUT2D eigenvalue weighted by molar-refractivity contribution is -0.149. The maximum atomic E-state index is 14.2. The Morgan fingerprint density at radius 2 is 1.98 bits per heavy atom. The number of aliphatic hydroxyl groups is 1. The molecule has 1 aromatic carbocycles. The van der Waals surface area contributed by atoms with Crippen LogP contribution < -0.4 is 5.32 Å². The molecule has 7 atom stereocenters. The second-order valence-corrected chi connectivity index (χ2v) is 12.8. The van der Waals surface area contributed by atoms with E-state index in [2.05, 4.69) is 34.4 Å². The van der Waals surface area contributed by atoms with Gasteiger partial charge in [0.15, 0.2) is 0 Å². The van der Waals surface area contributed by atoms with Gasteiger partial charge in [0.1, 0.15) is 18.2 Å². The lowest BCUT2D eigenvalue weighted by Gasteiger charge is -2.38. The Labute approximate surface area is 261 Å². The van der Waals surface area contributed by atoms with Crippen LogP contribution in [0, 0.1) is 11.8 Å². The van der Waals surface area contributed by atoms with Crippen LogP contribution in [0.1, 0.15) is 51.1 Å². The number of carbonyl (C=O) groups excluding carboxylic acids is 4. The van der Waals surface area contributed by atoms with Crippen LogP contribution in [0.3, 0.4) is 0 Å². The van der Waals surface area contributed by atoms with Gasteiger partial charge in [0, 0.05) is 37.0 Å². The molecular formula is C32H42BrN3O7. The van der Waals surface area contributed by atoms with Crippen molar-refractivity contribution in [3.8, 4) is 0 Å². The number of nitrogens with zero attached hydrogens (tertiary/aromatic N) is 2. The predicted molar refractivity (Wildman–Crippen MR) is 164 cm³/mol. The molecule has 43 heavy (non-hydrogen) atoms. The zero-order valence-electron chi connectivity index (χ0n) is 24.8. The summed E-state index contributed by atoms with van der Waals surface area (Å²) in [6.45, 7) is 11.4. The number of halogens is 1. The van der Waals surface area contributed by atoms with Crippen molar-refractivity contribution in [2.24, 2.45) is 11.8 Å². The van der Waals surface area contributed by atoms with Crippen LogP contribution in [0.4, 0.5) is 0 Å². The summed E-state index contributed by atoms with van der Waals surface area (Å²) in [6, 6.07) is 7.42. The third kappa shape index (κ3) is 6.44. The van der Waals surface area contributed by atoms with E-state index in [4.69, 9.17) is 9.47 Å². The van der Waals surface area contributed by atoms with E-state index in [1.165, 1.54) is 4.90 Å². The summed E-state index contributed by atoms with van der Waals surface area (Å²) in [4.78, 5) is 57.6. The Hall–Kier alpha value is -3.02. The van der Waals surface area contributed by atoms with Gasteiger partial charge in [-0.05, 0) is 38.7 Å². The Morgan fingerprint density at radius 1 is 1.26 bits per heavy atom. The van der Waals surface area contributed by atoms with Crippen molar-refractivity contribution in [2.75, 3.05) is 26.3 Å². The highest BCUT2D eigenvalue weighted by Crippen LogP contribution is 2.60. The minimum absolute atomic E-state index is 0.0832. The molecule has 11 heteroatoms. The van der Waals surface area contributed by atoms with Gasteiger partial charge in [-0.25, -0.2) is 0 Å². The summed E-state index contributed by atoms with van der Waals surface area (Å²) >= 11 is 3.69. The maximum Gasteiger partial charge on any atom is 0.306 e. The third-order valence-electron chi connectivity index (χ3n) is 8.60. The Balaban J connectivity index is 1.65. The number of aliphatic hydroxyl groups excluding tert-OH is 1. The molecule has 3 aliphatic rings. The molecule has 2 N–H and O–H groups in total. The summed E-state index contributed by atoms with van der Waals surface area (Å²) in [7, 11) is 0. The number of allylic oxidation sites excluding steroid dienone is 1. The van der Waals surface area contributed by atoms with Crippen LogP contribution in [-0.2, 0) is 28.7 Å². The van der Waals surface area contributed by atoms with Gasteiger partial charge in [-0.15, -0.1) is 13.2 Å². The standard InChI is InChI=1S/C32H42BrN3O7/c1-5-7-14-24(38)42-19-23(21-12-9-8-10-13-21)34-29(39)25-26-30(40)36(16-11-17-37)28(31(41)35(15-6-2)20(3)4)32(26)18-22(33)27(25)43-32/h5-6,8-10,12-13,20,22-23,25-28,37H,1-2,7,11,14-19H2,3-4H3,(H,34,39)/t22?,23-,25+,26-,27+,28+,32-/m0/s1. The second kappa shape index (κ2) is 14.2. The molecule has 1 spiro atoms. The monoisotopic (exact) mass is 659 g/mol. The molecule has 3 fully saturated rings. The zero-order valence-corrected chi connectivity index (χ0v) is 26.4. The largest absolute Gasteiger partial charge is 0.463 e. The number of carbonyl (C=O) groups is 4. The topological polar surface area (TPSA) is 125 Å². The molecular weight excluding hydrogens is 618 g/mol. The third-order valence-corrected chi connectivity index (χ3v) is 9.44. The number of likely N-dealkylation sites (tertiary alicyclic amines) is 1. The lowest BCUT2D eigenvalue weighted by atomic mass is 9.70. The van der Waals surface area contributed by atoms with Gasteiger partial charge in [-0.2, -0.15) is 0 Å². The molecule has 0 radical (unpaired) electrons. The van der Waals surface area contributed by atoms with Crippen molar-refractivity contribution in [1.29, 1.82) is 0 Å². The van der Waals surface area contributed by atoms with E-state index in [1.54, 1.807) is 17.1 Å². The first kappa shape index (κ1) is 32.9. The van der Waals surface area contributed by atoms with Gasteiger partial charge in [-0.3, -0.25) is 19.2 Å². The number of benzene rings is 1. The molecule has 3 heterocycles. The summed E-state index contributed by atoms with van der Waals surface area (Å²) in [6.07, 6.45) is 3.97. The first-order chi connectivity index (χ1) is 20.6. The Morgan fingerprint density at radius 3 is 2.60 bits per heavy atom. The van der Waals surface area contributed by atoms with Gasteiger partial charge >= 0.3 is 5.97 Å². The Kier molecular flexibility index (Phi) is 10.8. The number of amides is 3. The summed E-state index contributed by atoms with van der Waals surface area (Å²) in [5.74, 6) is -3.17. The molecule has 1 aromatic rings. The van der Waals surface area contributed by atoms with E-state index >= 15 is 0 Å². The van der Waals surface area contributed by atoms with Gasteiger partial charge in [0.25, 0.3) is 0 Å². The quantitative estimate of drug-likeness (QED) is 0.169. The van der Waals surface area contributed by atoms with Crippen LogP contribution in [0.25, 0.3) is 0 Å². The predicted octanol–water partition coefficient (Wildman–Crippen LogP) is 2.91. The van der Waals surface area contributed by atoms with Crippen LogP contribution in [0.15, 0.2) is 55.6 Å². The van der Waals surface area contributed by atoms with E-state index in [0.29, 0.717) is 19.4 Å². The first-order valence-corrected chi connectivity index (χ1v) is 15.8. The van der Waals surface area contributed by atoms with Crippen LogP contribution in [-0.4, -0.2) is 93.5 Å². The van der Waals surface area contributed by atoms with Gasteiger partial charge in [-0.1, -0.05) is 58.4 Å². The van der Waals surface area contributed by atoms with E-state index < -0.39 is 47.5 Å². The van der Waals surface area contributed by atoms with Crippen LogP contribution >= 0.6 is 15.9 Å². The molecule has 0 aliphatic carbocycles. The van der Waals surface area contributed by atoms with Crippen molar-refractivity contribution >= 4 is 39.6 Å². The summed E-state index contributed by atoms with van der Waals surface area (Å²) in [5, 5.41) is 12.6. The number of fused-ring (bicyclic) bond motifs is 1. The first-order valence-electron chi connectivity index (χ1n) is 14.9. The maximum absolute atomic E-state index is 14.2. The number of hydrogen-bond acceptors (Lipinski definition) is 7. The van der Waals surface area contributed by atoms with Gasteiger partial charge in [0.2, 0.25) is 17.7 Å². The highest BCUT2D eigenvalue weighted by atomic mass is 79.9. The van der Waals surface area contributed by atoms with Crippen LogP contribution in [0.5, 0.6) is 0 Å². The molecule has 10 nitrogen and oxygen atoms in total. The number of rotatable bonds is 15. The molecule has 0 saturated carbocycles. The molecule has 1 unspecified atom stereocenters. The molecule has 234 valence electrons. The molecule has 3 saturated heterocycles. The van der Waals surface area contributed by atoms with E-state index in [9.17, 15) is 24.3 Å². The Bertz CT molecular complexity index is 1210. The van der Waals surface area contributed by atoms with E-state index in [-0.39, 0.29) is 55.3 Å². The summed E-state index contributed by atoms with van der Waals surface area (Å²) in [5.41, 5.74) is -0.466. The van der Waals surface area contributed by atoms with Crippen molar-refractivity contribution in [3.05, 3.63) is 61.2 Å². The summed E-state index contributed by atoms with van der Waals surface area (Å²) < 4.78 is 12.1. The fourth-order valence-corrected chi connectivity index (χ4v) is 7.63. The normalized spacial score (nSPS) is 28.0. The van der Waals surface area contributed by atoms with E-state index in [0.717, 1.165) is 5.56 Å². The van der Waals surface area contributed by atoms with Gasteiger partial charge in [0.05, 0.1) is 24.0 Å². The number of nitrogens with one attached hydrogen (secondary N) is 1. The SMILES string of the molecule is C=CCCC(=O)OC[C@H](NC(=O)[C@H]1[C@@H]2O[C@@]3(CC2Br)[C@@H]1C(=O)N(CCCO)[C@@H]3C(=O)N(CC=C)C(C)C)c1ccccc1. The average Bonchev–Trinajstić information content (AvgIpc) is 3.58. The van der Waals surface area contributed by atoms with Crippen molar-refractivity contribution < 1.29 is 33.8 Å². The molecule has 4 rings (SSSR count). The smallest absolute Gasteiger partial charge is 0.306 e. The average molecular weight is 661 g/mol. The highest BCUT2D eigenvalue weighted by molar-refractivity contribution is 9.09. The second-order valence-electron chi connectivity index (χ2n) is 11.6. The number of esters is 1. The number of alkyl halides is 1. The zero-order chi connectivity index (χ0) is 31.3. The van der Waals surface area contributed by atoms with Crippen molar-refractivity contribution in [3.63, 3.8) is 0 Å². The number of hydrogen-bond donors (Lipinski definition) is 2. The molecule has 2 bridgehead atoms. The fraction of sp³-hybridized carbons (Fsp3) is 0.562. The van der Waals surface area contributed by atoms with E-state index in [1.807, 2.05) is 44.2 Å². The van der Waals surface area contributed by atoms with Crippen molar-refractivity contribution in [1.82, 2.24) is 15.1 Å². The highest BCUT2D eigenvalue weighted by Gasteiger charge is 2.76. The minimum atomic E-state index is -1.21. The van der Waals surface area contributed by atoms with Crippen LogP contribution in [0.2, 0.25) is 0 Å². The lowest BCUT2D eigenvalue weighted by Crippen LogP contribution is -2.58. The van der Waals surface area contributed by atoms with Crippen molar-refractivity contribution in [2.45, 2.75) is 74.2 Å². The molecule has 3 amide bonds. The number of ether oxygens (including phenoxy) is 2. The minimum Gasteiger partial charge on any atom is -0.463 e.